The van der Waals surface area contributed by atoms with Crippen LogP contribution in [0.4, 0.5) is 0 Å². The molecule has 0 amide bonds. The summed E-state index contributed by atoms with van der Waals surface area (Å²) < 4.78 is 16.6. The lowest BCUT2D eigenvalue weighted by atomic mass is 10.1. The highest BCUT2D eigenvalue weighted by Gasteiger charge is 2.29. The summed E-state index contributed by atoms with van der Waals surface area (Å²) in [4.78, 5) is 2.31. The minimum Gasteiger partial charge on any atom is -0.496 e. The molecule has 22 heavy (non-hydrogen) atoms. The molecule has 1 fully saturated rings. The Balaban J connectivity index is 1.79. The Hall–Kier alpha value is -1.92. The van der Waals surface area contributed by atoms with Crippen LogP contribution in [0.25, 0.3) is 0 Å². The molecule has 0 aliphatic carbocycles. The van der Waals surface area contributed by atoms with Crippen LogP contribution in [0.15, 0.2) is 22.6 Å². The summed E-state index contributed by atoms with van der Waals surface area (Å²) in [7, 11) is 1.70. The van der Waals surface area contributed by atoms with Crippen molar-refractivity contribution in [3.05, 3.63) is 41.1 Å². The van der Waals surface area contributed by atoms with E-state index in [-0.39, 0.29) is 6.04 Å². The molecule has 118 valence electrons. The number of rotatable bonds is 4. The summed E-state index contributed by atoms with van der Waals surface area (Å²) in [6.07, 6.45) is 0. The van der Waals surface area contributed by atoms with Crippen molar-refractivity contribution in [1.29, 1.82) is 0 Å². The molecule has 0 unspecified atom stereocenters. The van der Waals surface area contributed by atoms with E-state index in [0.717, 1.165) is 24.4 Å². The molecule has 6 nitrogen and oxygen atoms in total. The van der Waals surface area contributed by atoms with Gasteiger partial charge in [-0.25, -0.2) is 0 Å². The van der Waals surface area contributed by atoms with Gasteiger partial charge in [0.25, 0.3) is 0 Å². The van der Waals surface area contributed by atoms with Gasteiger partial charge in [-0.3, -0.25) is 4.90 Å². The van der Waals surface area contributed by atoms with Crippen LogP contribution in [0, 0.1) is 13.8 Å². The van der Waals surface area contributed by atoms with Gasteiger partial charge >= 0.3 is 0 Å². The number of methoxy groups -OCH3 is 1. The zero-order valence-electron chi connectivity index (χ0n) is 13.2. The molecule has 0 saturated carbocycles. The third-order valence-electron chi connectivity index (χ3n) is 3.92. The van der Waals surface area contributed by atoms with E-state index >= 15 is 0 Å². The van der Waals surface area contributed by atoms with Crippen LogP contribution in [-0.2, 0) is 11.3 Å². The van der Waals surface area contributed by atoms with Gasteiger partial charge in [0.05, 0.1) is 20.3 Å². The lowest BCUT2D eigenvalue weighted by Crippen LogP contribution is -2.39. The third kappa shape index (κ3) is 3.13. The summed E-state index contributed by atoms with van der Waals surface area (Å²) in [5.74, 6) is 2.12. The number of hydrogen-bond donors (Lipinski definition) is 0. The van der Waals surface area contributed by atoms with Crippen LogP contribution in [0.3, 0.4) is 0 Å². The van der Waals surface area contributed by atoms with Gasteiger partial charge in [0.15, 0.2) is 0 Å². The van der Waals surface area contributed by atoms with Gasteiger partial charge in [-0.2, -0.15) is 0 Å². The van der Waals surface area contributed by atoms with Crippen LogP contribution in [0.2, 0.25) is 0 Å². The Morgan fingerprint density at radius 2 is 2.18 bits per heavy atom. The first-order chi connectivity index (χ1) is 10.7. The number of benzene rings is 1. The van der Waals surface area contributed by atoms with Crippen LogP contribution in [0.1, 0.15) is 29.0 Å². The summed E-state index contributed by atoms with van der Waals surface area (Å²) >= 11 is 0. The predicted molar refractivity (Wildman–Crippen MR) is 80.7 cm³/mol. The van der Waals surface area contributed by atoms with Gasteiger partial charge in [-0.15, -0.1) is 10.2 Å². The zero-order chi connectivity index (χ0) is 15.5. The highest BCUT2D eigenvalue weighted by molar-refractivity contribution is 5.36. The average Bonchev–Trinajstić information content (AvgIpc) is 2.96. The van der Waals surface area contributed by atoms with Gasteiger partial charge < -0.3 is 13.9 Å². The van der Waals surface area contributed by atoms with Crippen molar-refractivity contribution < 1.29 is 13.9 Å². The van der Waals surface area contributed by atoms with Gasteiger partial charge in [-0.1, -0.05) is 12.1 Å². The first-order valence-corrected chi connectivity index (χ1v) is 7.42. The molecule has 0 N–H and O–H groups in total. The quantitative estimate of drug-likeness (QED) is 0.863. The Labute approximate surface area is 130 Å². The van der Waals surface area contributed by atoms with Crippen molar-refractivity contribution in [2.24, 2.45) is 0 Å². The second kappa shape index (κ2) is 6.46. The molecule has 1 saturated heterocycles. The monoisotopic (exact) mass is 303 g/mol. The van der Waals surface area contributed by atoms with E-state index in [1.54, 1.807) is 14.0 Å². The minimum absolute atomic E-state index is 0.00208. The Morgan fingerprint density at radius 1 is 1.32 bits per heavy atom. The fourth-order valence-corrected chi connectivity index (χ4v) is 2.70. The van der Waals surface area contributed by atoms with Crippen molar-refractivity contribution in [3.8, 4) is 5.75 Å². The maximum atomic E-state index is 5.59. The first kappa shape index (κ1) is 15.0. The summed E-state index contributed by atoms with van der Waals surface area (Å²) in [6, 6.07) is 6.30. The molecule has 2 aromatic rings. The van der Waals surface area contributed by atoms with E-state index in [9.17, 15) is 0 Å². The molecule has 1 aromatic heterocycles. The summed E-state index contributed by atoms with van der Waals surface area (Å²) in [5, 5.41) is 8.07. The SMILES string of the molecule is COc1cc(CN2CCOC[C@H]2c2nnc(C)o2)ccc1C. The van der Waals surface area contributed by atoms with Crippen molar-refractivity contribution in [3.63, 3.8) is 0 Å². The van der Waals surface area contributed by atoms with Crippen LogP contribution in [0.5, 0.6) is 5.75 Å². The number of aromatic nitrogens is 2. The van der Waals surface area contributed by atoms with Crippen LogP contribution in [-0.4, -0.2) is 42.0 Å². The number of nitrogens with zero attached hydrogens (tertiary/aromatic N) is 3. The van der Waals surface area contributed by atoms with E-state index in [1.165, 1.54) is 5.56 Å². The first-order valence-electron chi connectivity index (χ1n) is 7.42. The number of aryl methyl sites for hydroxylation is 2. The summed E-state index contributed by atoms with van der Waals surface area (Å²) in [5.41, 5.74) is 2.34. The second-order valence-electron chi connectivity index (χ2n) is 5.52. The van der Waals surface area contributed by atoms with Crippen molar-refractivity contribution >= 4 is 0 Å². The molecule has 6 heteroatoms. The predicted octanol–water partition coefficient (Wildman–Crippen LogP) is 2.27. The molecule has 0 radical (unpaired) electrons. The Bertz CT molecular complexity index is 641. The van der Waals surface area contributed by atoms with E-state index in [0.29, 0.717) is 25.0 Å². The van der Waals surface area contributed by atoms with Crippen LogP contribution >= 0.6 is 0 Å². The molecule has 3 rings (SSSR count). The molecular formula is C16H21N3O3. The molecule has 0 bridgehead atoms. The van der Waals surface area contributed by atoms with Crippen LogP contribution < -0.4 is 4.74 Å². The molecule has 1 aliphatic heterocycles. The number of hydrogen-bond acceptors (Lipinski definition) is 6. The molecule has 0 spiro atoms. The normalized spacial score (nSPS) is 19.3. The van der Waals surface area contributed by atoms with Gasteiger partial charge in [0, 0.05) is 20.0 Å². The van der Waals surface area contributed by atoms with E-state index in [1.807, 2.05) is 6.92 Å². The van der Waals surface area contributed by atoms with E-state index in [2.05, 4.69) is 33.3 Å². The average molecular weight is 303 g/mol. The standard InChI is InChI=1S/C16H21N3O3/c1-11-4-5-13(8-15(11)20-3)9-19-6-7-21-10-14(19)16-18-17-12(2)22-16/h4-5,8,14H,6-7,9-10H2,1-3H3/t14-/m0/s1. The maximum absolute atomic E-state index is 5.59. The largest absolute Gasteiger partial charge is 0.496 e. The third-order valence-corrected chi connectivity index (χ3v) is 3.92. The van der Waals surface area contributed by atoms with E-state index in [4.69, 9.17) is 13.9 Å². The Morgan fingerprint density at radius 3 is 2.91 bits per heavy atom. The van der Waals surface area contributed by atoms with Crippen molar-refractivity contribution in [2.45, 2.75) is 26.4 Å². The highest BCUT2D eigenvalue weighted by atomic mass is 16.5. The topological polar surface area (TPSA) is 60.6 Å². The Kier molecular flexibility index (Phi) is 4.40. The molecule has 1 atom stereocenters. The fraction of sp³-hybridized carbons (Fsp3) is 0.500. The lowest BCUT2D eigenvalue weighted by molar-refractivity contribution is -0.0225. The molecular weight excluding hydrogens is 282 g/mol. The molecule has 1 aromatic carbocycles. The smallest absolute Gasteiger partial charge is 0.235 e. The zero-order valence-corrected chi connectivity index (χ0v) is 13.2. The van der Waals surface area contributed by atoms with Gasteiger partial charge in [0.1, 0.15) is 11.8 Å². The van der Waals surface area contributed by atoms with Gasteiger partial charge in [-0.05, 0) is 24.1 Å². The lowest BCUT2D eigenvalue weighted by Gasteiger charge is -2.33. The minimum atomic E-state index is 0.00208. The van der Waals surface area contributed by atoms with E-state index < -0.39 is 0 Å². The number of morpholine rings is 1. The fourth-order valence-electron chi connectivity index (χ4n) is 2.70. The van der Waals surface area contributed by atoms with Crippen molar-refractivity contribution in [2.75, 3.05) is 26.9 Å². The van der Waals surface area contributed by atoms with Crippen molar-refractivity contribution in [1.82, 2.24) is 15.1 Å². The second-order valence-corrected chi connectivity index (χ2v) is 5.52. The maximum Gasteiger partial charge on any atom is 0.235 e. The highest BCUT2D eigenvalue weighted by Crippen LogP contribution is 2.27. The summed E-state index contributed by atoms with van der Waals surface area (Å²) in [6.45, 7) is 6.77. The molecule has 1 aliphatic rings. The number of ether oxygens (including phenoxy) is 2. The van der Waals surface area contributed by atoms with Gasteiger partial charge in [0.2, 0.25) is 11.8 Å². The molecule has 2 heterocycles.